The summed E-state index contributed by atoms with van der Waals surface area (Å²) >= 11 is 0. The Labute approximate surface area is 155 Å². The van der Waals surface area contributed by atoms with Crippen molar-refractivity contribution in [3.63, 3.8) is 0 Å². The molecule has 25 heavy (non-hydrogen) atoms. The molecular formula is C20H40N4O. The highest BCUT2D eigenvalue weighted by Crippen LogP contribution is 2.51. The smallest absolute Gasteiger partial charge is 0.222 e. The van der Waals surface area contributed by atoms with E-state index in [0.717, 1.165) is 12.5 Å². The molecule has 146 valence electrons. The van der Waals surface area contributed by atoms with E-state index in [1.165, 1.54) is 78.2 Å². The highest BCUT2D eigenvalue weighted by molar-refractivity contribution is 5.77. The zero-order chi connectivity index (χ0) is 17.9. The first-order valence-electron chi connectivity index (χ1n) is 10.4. The lowest BCUT2D eigenvalue weighted by molar-refractivity contribution is -0.126. The number of likely N-dealkylation sites (tertiary alicyclic amines) is 1. The van der Waals surface area contributed by atoms with Gasteiger partial charge in [-0.05, 0) is 50.2 Å². The van der Waals surface area contributed by atoms with Crippen molar-refractivity contribution >= 4 is 5.91 Å². The molecular weight excluding hydrogens is 312 g/mol. The number of nitrogens with one attached hydrogen (secondary N) is 1. The fraction of sp³-hybridized carbons (Fsp3) is 0.950. The average Bonchev–Trinajstić information content (AvgIpc) is 2.54. The molecule has 3 rings (SSSR count). The van der Waals surface area contributed by atoms with Crippen LogP contribution in [0.1, 0.15) is 41.5 Å². The monoisotopic (exact) mass is 352 g/mol. The molecule has 2 heterocycles. The van der Waals surface area contributed by atoms with Crippen LogP contribution in [0.2, 0.25) is 0 Å². The molecule has 1 saturated carbocycles. The van der Waals surface area contributed by atoms with Crippen LogP contribution in [-0.4, -0.2) is 86.1 Å². The Morgan fingerprint density at radius 1 is 1.08 bits per heavy atom. The van der Waals surface area contributed by atoms with Crippen LogP contribution in [0.3, 0.4) is 0 Å². The Bertz CT molecular complexity index is 437. The van der Waals surface area contributed by atoms with Gasteiger partial charge in [0, 0.05) is 53.2 Å². The van der Waals surface area contributed by atoms with Gasteiger partial charge in [0.1, 0.15) is 0 Å². The van der Waals surface area contributed by atoms with E-state index in [1.54, 1.807) is 0 Å². The number of amides is 1. The van der Waals surface area contributed by atoms with Crippen LogP contribution in [0.5, 0.6) is 0 Å². The van der Waals surface area contributed by atoms with E-state index in [2.05, 4.69) is 26.9 Å². The minimum atomic E-state index is 0. The third-order valence-corrected chi connectivity index (χ3v) is 6.51. The Morgan fingerprint density at radius 2 is 1.68 bits per heavy atom. The van der Waals surface area contributed by atoms with E-state index < -0.39 is 0 Å². The first-order valence-corrected chi connectivity index (χ1v) is 10.4. The number of hydrogen-bond donors (Lipinski definition) is 1. The number of nitrogens with zero attached hydrogens (tertiary/aromatic N) is 3. The number of rotatable bonds is 8. The van der Waals surface area contributed by atoms with Crippen molar-refractivity contribution in [1.29, 1.82) is 0 Å². The molecule has 0 aromatic carbocycles. The van der Waals surface area contributed by atoms with Gasteiger partial charge in [-0.1, -0.05) is 20.8 Å². The minimum Gasteiger partial charge on any atom is -0.356 e. The topological polar surface area (TPSA) is 38.8 Å². The maximum absolute atomic E-state index is 11.6. The van der Waals surface area contributed by atoms with Crippen LogP contribution in [0.4, 0.5) is 0 Å². The van der Waals surface area contributed by atoms with Gasteiger partial charge in [-0.25, -0.2) is 0 Å². The largest absolute Gasteiger partial charge is 0.356 e. The second kappa shape index (κ2) is 8.36. The van der Waals surface area contributed by atoms with Crippen molar-refractivity contribution < 1.29 is 6.22 Å². The second-order valence-electron chi connectivity index (χ2n) is 9.01. The van der Waals surface area contributed by atoms with Crippen LogP contribution >= 0.6 is 0 Å². The molecule has 1 aliphatic carbocycles. The van der Waals surface area contributed by atoms with Gasteiger partial charge in [0.15, 0.2) is 0 Å². The highest BCUT2D eigenvalue weighted by Gasteiger charge is 2.51. The van der Waals surface area contributed by atoms with Crippen molar-refractivity contribution in [2.75, 3.05) is 65.4 Å². The van der Waals surface area contributed by atoms with Gasteiger partial charge in [0.25, 0.3) is 0 Å². The van der Waals surface area contributed by atoms with E-state index in [4.69, 9.17) is 0 Å². The lowest BCUT2D eigenvalue weighted by Crippen LogP contribution is -2.63. The first-order chi connectivity index (χ1) is 12.0. The van der Waals surface area contributed by atoms with Crippen molar-refractivity contribution in [2.24, 2.45) is 17.3 Å². The molecule has 2 saturated heterocycles. The summed E-state index contributed by atoms with van der Waals surface area (Å²) < 4.78 is 0. The van der Waals surface area contributed by atoms with Gasteiger partial charge in [-0.2, -0.15) is 0 Å². The summed E-state index contributed by atoms with van der Waals surface area (Å²) in [6, 6.07) is 0. The van der Waals surface area contributed by atoms with Gasteiger partial charge in [0.2, 0.25) is 5.91 Å². The molecule has 0 radical (unpaired) electrons. The summed E-state index contributed by atoms with van der Waals surface area (Å²) in [5, 5.41) is 3.10. The maximum Gasteiger partial charge on any atom is 0.222 e. The Balaban J connectivity index is 0.00000243. The van der Waals surface area contributed by atoms with Crippen LogP contribution in [-0.2, 0) is 4.79 Å². The molecule has 5 heteroatoms. The van der Waals surface area contributed by atoms with Crippen LogP contribution in [0, 0.1) is 17.3 Å². The number of likely N-dealkylation sites (N-methyl/N-ethyl adjacent to an activating group) is 1. The standard InChI is InChI=1S/C20H38N4O.H2/c1-4-22-8-10-23(11-9-22)6-5-7-24-15-20(16-24)12-18(13-20)14-21-19(25)17(2)3;/h17-18H,4-16H2,1-3H3,(H,21,25);1H. The van der Waals surface area contributed by atoms with Gasteiger partial charge >= 0.3 is 0 Å². The van der Waals surface area contributed by atoms with Crippen molar-refractivity contribution in [2.45, 2.75) is 40.0 Å². The second-order valence-corrected chi connectivity index (χ2v) is 9.01. The minimum absolute atomic E-state index is 0. The molecule has 0 bridgehead atoms. The summed E-state index contributed by atoms with van der Waals surface area (Å²) in [7, 11) is 0. The van der Waals surface area contributed by atoms with E-state index in [0.29, 0.717) is 5.41 Å². The molecule has 3 aliphatic rings. The Hall–Kier alpha value is -0.650. The molecule has 2 aliphatic heterocycles. The van der Waals surface area contributed by atoms with Crippen LogP contribution < -0.4 is 5.32 Å². The Kier molecular flexibility index (Phi) is 6.39. The summed E-state index contributed by atoms with van der Waals surface area (Å²) in [6.45, 7) is 18.4. The molecule has 0 aromatic rings. The predicted molar refractivity (Wildman–Crippen MR) is 105 cm³/mol. The molecule has 0 atom stereocenters. The van der Waals surface area contributed by atoms with Crippen molar-refractivity contribution in [3.05, 3.63) is 0 Å². The van der Waals surface area contributed by atoms with E-state index >= 15 is 0 Å². The van der Waals surface area contributed by atoms with E-state index in [1.807, 2.05) is 13.8 Å². The molecule has 5 nitrogen and oxygen atoms in total. The molecule has 3 fully saturated rings. The molecule has 0 unspecified atom stereocenters. The van der Waals surface area contributed by atoms with Crippen LogP contribution in [0.15, 0.2) is 0 Å². The summed E-state index contributed by atoms with van der Waals surface area (Å²) in [5.41, 5.74) is 0.611. The average molecular weight is 353 g/mol. The normalized spacial score (nSPS) is 25.1. The maximum atomic E-state index is 11.6. The van der Waals surface area contributed by atoms with Gasteiger partial charge in [-0.3, -0.25) is 4.79 Å². The zero-order valence-electron chi connectivity index (χ0n) is 16.6. The van der Waals surface area contributed by atoms with Gasteiger partial charge < -0.3 is 20.0 Å². The summed E-state index contributed by atoms with van der Waals surface area (Å²) in [5.74, 6) is 1.04. The molecule has 1 amide bonds. The molecule has 0 aromatic heterocycles. The quantitative estimate of drug-likeness (QED) is 0.722. The molecule has 1 N–H and O–H groups in total. The van der Waals surface area contributed by atoms with Crippen molar-refractivity contribution in [3.8, 4) is 0 Å². The number of carbonyl (C=O) groups excluding carboxylic acids is 1. The van der Waals surface area contributed by atoms with E-state index in [9.17, 15) is 4.79 Å². The Morgan fingerprint density at radius 3 is 2.28 bits per heavy atom. The highest BCUT2D eigenvalue weighted by atomic mass is 16.1. The number of piperazine rings is 1. The lowest BCUT2D eigenvalue weighted by atomic mass is 9.57. The van der Waals surface area contributed by atoms with Gasteiger partial charge in [-0.15, -0.1) is 0 Å². The van der Waals surface area contributed by atoms with Gasteiger partial charge in [0.05, 0.1) is 0 Å². The molecule has 1 spiro atoms. The predicted octanol–water partition coefficient (Wildman–Crippen LogP) is 1.74. The lowest BCUT2D eigenvalue weighted by Gasteiger charge is -2.59. The zero-order valence-corrected chi connectivity index (χ0v) is 16.6. The fourth-order valence-corrected chi connectivity index (χ4v) is 4.92. The summed E-state index contributed by atoms with van der Waals surface area (Å²) in [4.78, 5) is 19.5. The first kappa shape index (κ1) is 19.1. The van der Waals surface area contributed by atoms with Crippen molar-refractivity contribution in [1.82, 2.24) is 20.0 Å². The number of carbonyl (C=O) groups is 1. The SMILES string of the molecule is CCN1CCN(CCCN2CC3(CC(CNC(=O)C(C)C)C3)C2)CC1.[HH]. The third-order valence-electron chi connectivity index (χ3n) is 6.51. The summed E-state index contributed by atoms with van der Waals surface area (Å²) in [6.07, 6.45) is 3.96. The third kappa shape index (κ3) is 4.95. The van der Waals surface area contributed by atoms with E-state index in [-0.39, 0.29) is 13.3 Å². The number of hydrogen-bond acceptors (Lipinski definition) is 4. The fourth-order valence-electron chi connectivity index (χ4n) is 4.92. The van der Waals surface area contributed by atoms with Crippen LogP contribution in [0.25, 0.3) is 0 Å².